The Hall–Kier alpha value is -3.58. The van der Waals surface area contributed by atoms with Crippen molar-refractivity contribution in [3.05, 3.63) is 78.0 Å². The van der Waals surface area contributed by atoms with Gasteiger partial charge in [0, 0.05) is 30.1 Å². The largest absolute Gasteiger partial charge is 0.493 e. The second-order valence-corrected chi connectivity index (χ2v) is 7.20. The summed E-state index contributed by atoms with van der Waals surface area (Å²) in [5.41, 5.74) is 2.78. The summed E-state index contributed by atoms with van der Waals surface area (Å²) >= 11 is 0. The second kappa shape index (κ2) is 12.3. The van der Waals surface area contributed by atoms with Gasteiger partial charge in [-0.3, -0.25) is 4.79 Å². The van der Waals surface area contributed by atoms with Gasteiger partial charge in [-0.1, -0.05) is 35.9 Å². The number of aromatic nitrogens is 1. The molecule has 0 saturated heterocycles. The highest BCUT2D eigenvalue weighted by atomic mass is 16.5. The lowest BCUT2D eigenvalue weighted by molar-refractivity contribution is -0.118. The van der Waals surface area contributed by atoms with E-state index in [1.807, 2.05) is 67.6 Å². The first-order valence-electron chi connectivity index (χ1n) is 10.6. The van der Waals surface area contributed by atoms with E-state index in [9.17, 15) is 4.79 Å². The number of pyridine rings is 1. The van der Waals surface area contributed by atoms with Crippen molar-refractivity contribution in [3.63, 3.8) is 0 Å². The van der Waals surface area contributed by atoms with E-state index in [0.29, 0.717) is 30.5 Å². The van der Waals surface area contributed by atoms with Crippen LogP contribution in [0.25, 0.3) is 0 Å². The number of anilines is 1. The summed E-state index contributed by atoms with van der Waals surface area (Å²) in [6.07, 6.45) is 2.54. The summed E-state index contributed by atoms with van der Waals surface area (Å²) in [5.74, 6) is 1.54. The Bertz CT molecular complexity index is 978. The minimum atomic E-state index is -0.231. The highest BCUT2D eigenvalue weighted by molar-refractivity contribution is 5.91. The molecule has 3 aromatic rings. The molecular weight excluding hydrogens is 406 g/mol. The molecule has 0 aliphatic heterocycles. The molecule has 0 atom stereocenters. The van der Waals surface area contributed by atoms with E-state index in [1.54, 1.807) is 13.3 Å². The van der Waals surface area contributed by atoms with Gasteiger partial charge in [-0.15, -0.1) is 0 Å². The third kappa shape index (κ3) is 7.28. The lowest BCUT2D eigenvalue weighted by Crippen LogP contribution is -2.22. The Labute approximate surface area is 188 Å². The monoisotopic (exact) mass is 435 g/mol. The predicted molar refractivity (Wildman–Crippen MR) is 124 cm³/mol. The molecule has 0 saturated carbocycles. The number of aryl methyl sites for hydroxylation is 1. The molecule has 2 aromatic carbocycles. The third-order valence-electron chi connectivity index (χ3n) is 4.66. The zero-order valence-corrected chi connectivity index (χ0v) is 18.5. The van der Waals surface area contributed by atoms with E-state index in [-0.39, 0.29) is 12.5 Å². The van der Waals surface area contributed by atoms with Crippen LogP contribution in [0.2, 0.25) is 0 Å². The van der Waals surface area contributed by atoms with Gasteiger partial charge in [-0.2, -0.15) is 0 Å². The van der Waals surface area contributed by atoms with Gasteiger partial charge in [-0.05, 0) is 44.2 Å². The molecule has 0 fully saturated rings. The van der Waals surface area contributed by atoms with Crippen molar-refractivity contribution in [2.45, 2.75) is 19.9 Å². The van der Waals surface area contributed by atoms with Crippen molar-refractivity contribution in [3.8, 4) is 17.4 Å². The van der Waals surface area contributed by atoms with Crippen molar-refractivity contribution >= 4 is 11.6 Å². The van der Waals surface area contributed by atoms with Crippen molar-refractivity contribution in [1.29, 1.82) is 0 Å². The van der Waals surface area contributed by atoms with Crippen LogP contribution in [-0.2, 0) is 11.3 Å². The topological polar surface area (TPSA) is 81.7 Å². The number of carbonyl (C=O) groups is 1. The lowest BCUT2D eigenvalue weighted by Gasteiger charge is -2.15. The fraction of sp³-hybridized carbons (Fsp3) is 0.280. The van der Waals surface area contributed by atoms with Crippen LogP contribution < -0.4 is 24.8 Å². The van der Waals surface area contributed by atoms with Crippen LogP contribution in [0.15, 0.2) is 66.9 Å². The van der Waals surface area contributed by atoms with E-state index in [0.717, 1.165) is 29.8 Å². The number of nitrogens with one attached hydrogen (secondary N) is 2. The number of amides is 1. The van der Waals surface area contributed by atoms with Gasteiger partial charge in [-0.25, -0.2) is 4.98 Å². The van der Waals surface area contributed by atoms with Crippen LogP contribution in [0.1, 0.15) is 17.5 Å². The van der Waals surface area contributed by atoms with Crippen molar-refractivity contribution in [1.82, 2.24) is 10.3 Å². The van der Waals surface area contributed by atoms with Gasteiger partial charge >= 0.3 is 0 Å². The van der Waals surface area contributed by atoms with Gasteiger partial charge in [0.2, 0.25) is 5.88 Å². The summed E-state index contributed by atoms with van der Waals surface area (Å²) in [5, 5.41) is 6.21. The summed E-state index contributed by atoms with van der Waals surface area (Å²) in [4.78, 5) is 16.5. The lowest BCUT2D eigenvalue weighted by atomic mass is 10.2. The maximum absolute atomic E-state index is 12.3. The minimum absolute atomic E-state index is 0.112. The quantitative estimate of drug-likeness (QED) is 0.419. The molecule has 2 N–H and O–H groups in total. The van der Waals surface area contributed by atoms with E-state index in [4.69, 9.17) is 14.2 Å². The molecule has 7 nitrogen and oxygen atoms in total. The zero-order chi connectivity index (χ0) is 22.6. The molecule has 0 bridgehead atoms. The molecule has 1 aromatic heterocycles. The summed E-state index contributed by atoms with van der Waals surface area (Å²) in [6.45, 7) is 3.80. The number of benzene rings is 2. The Balaban J connectivity index is 1.47. The Morgan fingerprint density at radius 2 is 1.84 bits per heavy atom. The first-order chi connectivity index (χ1) is 15.7. The van der Waals surface area contributed by atoms with Crippen molar-refractivity contribution in [2.24, 2.45) is 0 Å². The fourth-order valence-electron chi connectivity index (χ4n) is 3.03. The van der Waals surface area contributed by atoms with E-state index in [2.05, 4.69) is 15.6 Å². The van der Waals surface area contributed by atoms with Gasteiger partial charge in [0.15, 0.2) is 18.1 Å². The third-order valence-corrected chi connectivity index (χ3v) is 4.66. The molecule has 1 amide bonds. The summed E-state index contributed by atoms with van der Waals surface area (Å²) in [7, 11) is 1.58. The molecule has 0 unspecified atom stereocenters. The molecule has 0 spiro atoms. The predicted octanol–water partition coefficient (Wildman–Crippen LogP) is 3.97. The number of hydrogen-bond donors (Lipinski definition) is 2. The van der Waals surface area contributed by atoms with Gasteiger partial charge in [0.25, 0.3) is 5.91 Å². The standard InChI is InChI=1S/C25H29N3O4/c1-19-10-12-21(13-11-19)28-23(29)18-32-25-20(7-5-8-22(25)30-2)17-26-14-6-16-31-24-9-3-4-15-27-24/h3-5,7-13,15,26H,6,14,16-18H2,1-2H3,(H,28,29). The molecule has 7 heteroatoms. The SMILES string of the molecule is COc1cccc(CNCCCOc2ccccn2)c1OCC(=O)Nc1ccc(C)cc1. The summed E-state index contributed by atoms with van der Waals surface area (Å²) in [6, 6.07) is 18.9. The van der Waals surface area contributed by atoms with Crippen molar-refractivity contribution < 1.29 is 19.0 Å². The van der Waals surface area contributed by atoms with E-state index in [1.165, 1.54) is 0 Å². The molecule has 168 valence electrons. The number of carbonyl (C=O) groups excluding carboxylic acids is 1. The Morgan fingerprint density at radius 3 is 2.59 bits per heavy atom. The minimum Gasteiger partial charge on any atom is -0.493 e. The molecule has 0 radical (unpaired) electrons. The summed E-state index contributed by atoms with van der Waals surface area (Å²) < 4.78 is 16.9. The smallest absolute Gasteiger partial charge is 0.262 e. The highest BCUT2D eigenvalue weighted by Gasteiger charge is 2.13. The fourth-order valence-corrected chi connectivity index (χ4v) is 3.03. The maximum atomic E-state index is 12.3. The average molecular weight is 436 g/mol. The van der Waals surface area contributed by atoms with Crippen LogP contribution >= 0.6 is 0 Å². The average Bonchev–Trinajstić information content (AvgIpc) is 2.82. The molecular formula is C25H29N3O4. The number of ether oxygens (including phenoxy) is 3. The van der Waals surface area contributed by atoms with Gasteiger partial charge < -0.3 is 24.8 Å². The second-order valence-electron chi connectivity index (χ2n) is 7.20. The maximum Gasteiger partial charge on any atom is 0.262 e. The van der Waals surface area contributed by atoms with Crippen LogP contribution in [0.5, 0.6) is 17.4 Å². The number of nitrogens with zero attached hydrogens (tertiary/aromatic N) is 1. The number of rotatable bonds is 12. The van der Waals surface area contributed by atoms with Crippen LogP contribution in [-0.4, -0.2) is 37.8 Å². The first-order valence-corrected chi connectivity index (χ1v) is 10.6. The van der Waals surface area contributed by atoms with Crippen LogP contribution in [0.3, 0.4) is 0 Å². The highest BCUT2D eigenvalue weighted by Crippen LogP contribution is 2.31. The number of hydrogen-bond acceptors (Lipinski definition) is 6. The first kappa shape index (κ1) is 23.1. The molecule has 0 aliphatic rings. The van der Waals surface area contributed by atoms with Crippen LogP contribution in [0, 0.1) is 6.92 Å². The Kier molecular flexibility index (Phi) is 8.89. The Morgan fingerprint density at radius 1 is 1.00 bits per heavy atom. The molecule has 3 rings (SSSR count). The van der Waals surface area contributed by atoms with E-state index >= 15 is 0 Å². The molecule has 1 heterocycles. The van der Waals surface area contributed by atoms with Crippen molar-refractivity contribution in [2.75, 3.05) is 32.2 Å². The zero-order valence-electron chi connectivity index (χ0n) is 18.5. The molecule has 32 heavy (non-hydrogen) atoms. The number of methoxy groups -OCH3 is 1. The van der Waals surface area contributed by atoms with Gasteiger partial charge in [0.1, 0.15) is 0 Å². The van der Waals surface area contributed by atoms with Crippen LogP contribution in [0.4, 0.5) is 5.69 Å². The molecule has 0 aliphatic carbocycles. The normalized spacial score (nSPS) is 10.4. The van der Waals surface area contributed by atoms with Gasteiger partial charge in [0.05, 0.1) is 13.7 Å². The van der Waals surface area contributed by atoms with E-state index < -0.39 is 0 Å². The number of para-hydroxylation sites is 1.